The fourth-order valence-corrected chi connectivity index (χ4v) is 4.30. The van der Waals surface area contributed by atoms with Gasteiger partial charge in [-0.25, -0.2) is 4.39 Å². The Kier molecular flexibility index (Phi) is 8.65. The van der Waals surface area contributed by atoms with Gasteiger partial charge in [0.2, 0.25) is 5.91 Å². The van der Waals surface area contributed by atoms with Crippen LogP contribution in [0.1, 0.15) is 50.4 Å². The Balaban J connectivity index is 1.72. The SMILES string of the molecule is CCCCCCC(=O)N(Cc1cccc(OS(=O)(=O)c2ccc(F)cc2)c1)Cc1ccco1. The van der Waals surface area contributed by atoms with Crippen molar-refractivity contribution in [1.29, 1.82) is 0 Å². The lowest BCUT2D eigenvalue weighted by atomic mass is 10.1. The van der Waals surface area contributed by atoms with Crippen LogP contribution in [-0.4, -0.2) is 19.2 Å². The zero-order valence-electron chi connectivity index (χ0n) is 18.6. The summed E-state index contributed by atoms with van der Waals surface area (Å²) in [5, 5.41) is 0. The third-order valence-corrected chi connectivity index (χ3v) is 6.37. The Hall–Kier alpha value is -3.13. The molecule has 6 nitrogen and oxygen atoms in total. The van der Waals surface area contributed by atoms with E-state index >= 15 is 0 Å². The molecular formula is C25H28FNO5S. The molecule has 1 heterocycles. The average molecular weight is 474 g/mol. The van der Waals surface area contributed by atoms with Crippen LogP contribution in [0.3, 0.4) is 0 Å². The molecule has 0 spiro atoms. The van der Waals surface area contributed by atoms with E-state index in [9.17, 15) is 17.6 Å². The normalized spacial score (nSPS) is 11.3. The molecule has 1 aromatic heterocycles. The molecule has 3 rings (SSSR count). The summed E-state index contributed by atoms with van der Waals surface area (Å²) in [6.45, 7) is 2.72. The molecule has 0 atom stereocenters. The summed E-state index contributed by atoms with van der Waals surface area (Å²) in [7, 11) is -4.11. The fraction of sp³-hybridized carbons (Fsp3) is 0.320. The van der Waals surface area contributed by atoms with Crippen LogP contribution in [0.15, 0.2) is 76.2 Å². The van der Waals surface area contributed by atoms with Gasteiger partial charge in [0.05, 0.1) is 12.8 Å². The largest absolute Gasteiger partial charge is 0.467 e. The minimum Gasteiger partial charge on any atom is -0.467 e. The zero-order chi connectivity index (χ0) is 23.7. The summed E-state index contributed by atoms with van der Waals surface area (Å²) in [5.41, 5.74) is 0.718. The molecule has 176 valence electrons. The van der Waals surface area contributed by atoms with E-state index in [2.05, 4.69) is 6.92 Å². The van der Waals surface area contributed by atoms with E-state index in [1.54, 1.807) is 35.4 Å². The summed E-state index contributed by atoms with van der Waals surface area (Å²) in [4.78, 5) is 14.4. The first-order valence-electron chi connectivity index (χ1n) is 11.0. The molecule has 0 fully saturated rings. The van der Waals surface area contributed by atoms with E-state index in [1.165, 1.54) is 6.07 Å². The van der Waals surface area contributed by atoms with Crippen LogP contribution >= 0.6 is 0 Å². The predicted octanol–water partition coefficient (Wildman–Crippen LogP) is 5.69. The maximum absolute atomic E-state index is 13.1. The van der Waals surface area contributed by atoms with Gasteiger partial charge in [0.15, 0.2) is 0 Å². The van der Waals surface area contributed by atoms with Gasteiger partial charge in [0.1, 0.15) is 22.2 Å². The van der Waals surface area contributed by atoms with Crippen LogP contribution in [0.25, 0.3) is 0 Å². The number of hydrogen-bond donors (Lipinski definition) is 0. The van der Waals surface area contributed by atoms with Crippen molar-refractivity contribution in [3.8, 4) is 5.75 Å². The number of hydrogen-bond acceptors (Lipinski definition) is 5. The molecule has 0 N–H and O–H groups in total. The first-order valence-corrected chi connectivity index (χ1v) is 12.4. The Morgan fingerprint density at radius 2 is 1.79 bits per heavy atom. The first-order chi connectivity index (χ1) is 15.9. The molecule has 8 heteroatoms. The second-order valence-electron chi connectivity index (χ2n) is 7.78. The third kappa shape index (κ3) is 7.46. The zero-order valence-corrected chi connectivity index (χ0v) is 19.4. The summed E-state index contributed by atoms with van der Waals surface area (Å²) >= 11 is 0. The van der Waals surface area contributed by atoms with Gasteiger partial charge >= 0.3 is 10.1 Å². The molecule has 0 unspecified atom stereocenters. The maximum Gasteiger partial charge on any atom is 0.339 e. The lowest BCUT2D eigenvalue weighted by Crippen LogP contribution is -2.29. The highest BCUT2D eigenvalue weighted by Crippen LogP contribution is 2.22. The number of amides is 1. The Morgan fingerprint density at radius 1 is 1.00 bits per heavy atom. The topological polar surface area (TPSA) is 76.8 Å². The number of benzene rings is 2. The molecule has 2 aromatic carbocycles. The Bertz CT molecular complexity index is 1130. The van der Waals surface area contributed by atoms with Gasteiger partial charge < -0.3 is 13.5 Å². The van der Waals surface area contributed by atoms with Crippen LogP contribution < -0.4 is 4.18 Å². The van der Waals surface area contributed by atoms with Gasteiger partial charge in [-0.15, -0.1) is 0 Å². The van der Waals surface area contributed by atoms with Gasteiger partial charge in [-0.2, -0.15) is 8.42 Å². The number of carbonyl (C=O) groups excluding carboxylic acids is 1. The molecule has 33 heavy (non-hydrogen) atoms. The third-order valence-electron chi connectivity index (χ3n) is 5.10. The van der Waals surface area contributed by atoms with E-state index in [0.29, 0.717) is 18.7 Å². The minimum absolute atomic E-state index is 0.00718. The quantitative estimate of drug-likeness (QED) is 0.250. The number of unbranched alkanes of at least 4 members (excludes halogenated alkanes) is 3. The first kappa shape index (κ1) is 24.5. The van der Waals surface area contributed by atoms with Crippen molar-refractivity contribution < 1.29 is 26.2 Å². The van der Waals surface area contributed by atoms with Crippen LogP contribution in [-0.2, 0) is 28.0 Å². The lowest BCUT2D eigenvalue weighted by Gasteiger charge is -2.22. The molecule has 0 saturated heterocycles. The highest BCUT2D eigenvalue weighted by molar-refractivity contribution is 7.87. The average Bonchev–Trinajstić information content (AvgIpc) is 3.29. The van der Waals surface area contributed by atoms with Crippen LogP contribution in [0, 0.1) is 5.82 Å². The number of rotatable bonds is 12. The molecule has 3 aromatic rings. The lowest BCUT2D eigenvalue weighted by molar-refractivity contribution is -0.132. The standard InChI is InChI=1S/C25H28FNO5S/c1-2-3-4-5-11-25(28)27(19-23-10-7-16-31-23)18-20-8-6-9-22(17-20)32-33(29,30)24-14-12-21(26)13-15-24/h6-10,12-17H,2-5,11,18-19H2,1H3. The van der Waals surface area contributed by atoms with Crippen LogP contribution in [0.4, 0.5) is 4.39 Å². The van der Waals surface area contributed by atoms with Gasteiger partial charge in [0, 0.05) is 13.0 Å². The summed E-state index contributed by atoms with van der Waals surface area (Å²) < 4.78 is 48.8. The van der Waals surface area contributed by atoms with Gasteiger partial charge in [-0.3, -0.25) is 4.79 Å². The van der Waals surface area contributed by atoms with Crippen LogP contribution in [0.2, 0.25) is 0 Å². The van der Waals surface area contributed by atoms with E-state index in [1.807, 2.05) is 6.07 Å². The smallest absolute Gasteiger partial charge is 0.339 e. The molecule has 0 radical (unpaired) electrons. The van der Waals surface area contributed by atoms with Crippen LogP contribution in [0.5, 0.6) is 5.75 Å². The molecule has 0 saturated carbocycles. The van der Waals surface area contributed by atoms with Crippen molar-refractivity contribution in [2.45, 2.75) is 57.0 Å². The summed E-state index contributed by atoms with van der Waals surface area (Å²) in [6, 6.07) is 14.6. The van der Waals surface area contributed by atoms with E-state index in [4.69, 9.17) is 8.60 Å². The van der Waals surface area contributed by atoms with Crippen molar-refractivity contribution in [2.24, 2.45) is 0 Å². The fourth-order valence-electron chi connectivity index (χ4n) is 3.38. The Labute approximate surface area is 194 Å². The van der Waals surface area contributed by atoms with Gasteiger partial charge in [-0.05, 0) is 60.5 Å². The highest BCUT2D eigenvalue weighted by atomic mass is 32.2. The predicted molar refractivity (Wildman–Crippen MR) is 122 cm³/mol. The highest BCUT2D eigenvalue weighted by Gasteiger charge is 2.19. The monoisotopic (exact) mass is 473 g/mol. The van der Waals surface area contributed by atoms with Crippen molar-refractivity contribution in [2.75, 3.05) is 0 Å². The summed E-state index contributed by atoms with van der Waals surface area (Å²) in [6.07, 6.45) is 6.01. The van der Waals surface area contributed by atoms with Gasteiger partial charge in [0.25, 0.3) is 0 Å². The number of furan rings is 1. The number of nitrogens with zero attached hydrogens (tertiary/aromatic N) is 1. The van der Waals surface area contributed by atoms with E-state index in [-0.39, 0.29) is 23.1 Å². The molecule has 1 amide bonds. The van der Waals surface area contributed by atoms with E-state index < -0.39 is 15.9 Å². The molecule has 0 aliphatic carbocycles. The van der Waals surface area contributed by atoms with Gasteiger partial charge in [-0.1, -0.05) is 38.3 Å². The molecule has 0 aliphatic heterocycles. The second kappa shape index (κ2) is 11.7. The second-order valence-corrected chi connectivity index (χ2v) is 9.32. The summed E-state index contributed by atoms with van der Waals surface area (Å²) in [5.74, 6) is 0.257. The van der Waals surface area contributed by atoms with Crippen molar-refractivity contribution in [3.63, 3.8) is 0 Å². The molecular weight excluding hydrogens is 445 g/mol. The molecule has 0 aliphatic rings. The minimum atomic E-state index is -4.11. The number of carbonyl (C=O) groups is 1. The Morgan fingerprint density at radius 3 is 2.48 bits per heavy atom. The van der Waals surface area contributed by atoms with Crippen molar-refractivity contribution in [1.82, 2.24) is 4.90 Å². The number of halogens is 1. The maximum atomic E-state index is 13.1. The van der Waals surface area contributed by atoms with Crippen molar-refractivity contribution >= 4 is 16.0 Å². The molecule has 0 bridgehead atoms. The van der Waals surface area contributed by atoms with Crippen molar-refractivity contribution in [3.05, 3.63) is 84.1 Å². The van der Waals surface area contributed by atoms with E-state index in [0.717, 1.165) is 55.5 Å².